The summed E-state index contributed by atoms with van der Waals surface area (Å²) in [5.74, 6) is -0.297. The predicted octanol–water partition coefficient (Wildman–Crippen LogP) is 2.17. The lowest BCUT2D eigenvalue weighted by Crippen LogP contribution is -2.45. The van der Waals surface area contributed by atoms with Crippen LogP contribution in [0.15, 0.2) is 18.2 Å². The monoisotopic (exact) mass is 441 g/mol. The van der Waals surface area contributed by atoms with Gasteiger partial charge in [-0.05, 0) is 43.4 Å². The maximum Gasteiger partial charge on any atom is 0.223 e. The molecule has 0 bridgehead atoms. The van der Waals surface area contributed by atoms with Crippen molar-refractivity contribution in [1.82, 2.24) is 5.48 Å². The van der Waals surface area contributed by atoms with Crippen molar-refractivity contribution >= 4 is 30.6 Å². The summed E-state index contributed by atoms with van der Waals surface area (Å²) in [6.07, 6.45) is -3.78. The maximum absolute atomic E-state index is 13.2. The zero-order valence-electron chi connectivity index (χ0n) is 15.0. The average Bonchev–Trinajstić information content (AvgIpc) is 2.55. The molecular formula is C17H26Cl2NO6P. The molecule has 0 aromatic heterocycles. The van der Waals surface area contributed by atoms with Crippen molar-refractivity contribution in [1.29, 1.82) is 0 Å². The highest BCUT2D eigenvalue weighted by Gasteiger charge is 2.39. The van der Waals surface area contributed by atoms with E-state index in [2.05, 4.69) is 5.48 Å². The minimum absolute atomic E-state index is 0.0629. The van der Waals surface area contributed by atoms with Crippen LogP contribution in [0.5, 0.6) is 0 Å². The average molecular weight is 442 g/mol. The highest BCUT2D eigenvalue weighted by Crippen LogP contribution is 2.50. The molecule has 27 heavy (non-hydrogen) atoms. The Hall–Kier alpha value is -0.210. The number of hydroxylamine groups is 1. The van der Waals surface area contributed by atoms with Crippen LogP contribution in [0.3, 0.4) is 0 Å². The number of benzene rings is 1. The molecule has 4 unspecified atom stereocenters. The summed E-state index contributed by atoms with van der Waals surface area (Å²) < 4.78 is 18.6. The molecule has 1 aromatic carbocycles. The van der Waals surface area contributed by atoms with Crippen molar-refractivity contribution in [3.63, 3.8) is 0 Å². The van der Waals surface area contributed by atoms with Crippen LogP contribution >= 0.6 is 30.6 Å². The van der Waals surface area contributed by atoms with E-state index in [4.69, 9.17) is 27.8 Å². The Morgan fingerprint density at radius 3 is 2.41 bits per heavy atom. The maximum atomic E-state index is 13.2. The van der Waals surface area contributed by atoms with Crippen LogP contribution in [-0.2, 0) is 15.7 Å². The molecule has 1 fully saturated rings. The Bertz CT molecular complexity index is 665. The number of nitrogens with one attached hydrogen (secondary N) is 1. The first-order valence-electron chi connectivity index (χ1n) is 8.75. The van der Waals surface area contributed by atoms with Gasteiger partial charge in [-0.25, -0.2) is 4.62 Å². The van der Waals surface area contributed by atoms with Gasteiger partial charge in [0.2, 0.25) is 7.37 Å². The number of hydrogen-bond acceptors (Lipinski definition) is 7. The van der Waals surface area contributed by atoms with Crippen molar-refractivity contribution in [2.75, 3.05) is 12.3 Å². The van der Waals surface area contributed by atoms with Gasteiger partial charge in [0.1, 0.15) is 6.10 Å². The lowest BCUT2D eigenvalue weighted by Gasteiger charge is -2.35. The smallest absolute Gasteiger partial charge is 0.223 e. The Kier molecular flexibility index (Phi) is 8.55. The summed E-state index contributed by atoms with van der Waals surface area (Å²) in [5, 5.41) is 39.8. The minimum atomic E-state index is -3.30. The van der Waals surface area contributed by atoms with Crippen LogP contribution in [0.2, 0.25) is 10.0 Å². The van der Waals surface area contributed by atoms with Crippen LogP contribution < -0.4 is 5.48 Å². The van der Waals surface area contributed by atoms with Gasteiger partial charge in [0.15, 0.2) is 0 Å². The largest absolute Gasteiger partial charge is 0.393 e. The van der Waals surface area contributed by atoms with Gasteiger partial charge in [0.05, 0.1) is 34.5 Å². The first-order chi connectivity index (χ1) is 12.6. The third-order valence-corrected chi connectivity index (χ3v) is 7.87. The van der Waals surface area contributed by atoms with E-state index < -0.39 is 31.8 Å². The van der Waals surface area contributed by atoms with Gasteiger partial charge in [-0.3, -0.25) is 4.57 Å². The normalized spacial score (nSPS) is 29.3. The van der Waals surface area contributed by atoms with Crippen LogP contribution in [0.1, 0.15) is 25.3 Å². The molecule has 0 saturated heterocycles. The SMILES string of the molecule is CC(O)CP(=O)(CC1CC(O)C(O)C(O)C1)ONCc1ccc(Cl)c(Cl)c1. The lowest BCUT2D eigenvalue weighted by molar-refractivity contribution is -0.0973. The summed E-state index contributed by atoms with van der Waals surface area (Å²) in [5.41, 5.74) is 3.44. The Balaban J connectivity index is 1.98. The van der Waals surface area contributed by atoms with E-state index in [1.165, 1.54) is 6.92 Å². The van der Waals surface area contributed by atoms with Gasteiger partial charge in [0, 0.05) is 12.7 Å². The van der Waals surface area contributed by atoms with E-state index in [-0.39, 0.29) is 37.6 Å². The molecule has 7 nitrogen and oxygen atoms in total. The van der Waals surface area contributed by atoms with Gasteiger partial charge >= 0.3 is 0 Å². The second kappa shape index (κ2) is 10.0. The van der Waals surface area contributed by atoms with E-state index in [0.29, 0.717) is 10.0 Å². The molecule has 1 aliphatic carbocycles. The molecule has 0 radical (unpaired) electrons. The molecule has 1 aliphatic rings. The summed E-state index contributed by atoms with van der Waals surface area (Å²) >= 11 is 11.8. The third kappa shape index (κ3) is 6.96. The van der Waals surface area contributed by atoms with Crippen molar-refractivity contribution in [2.45, 2.75) is 50.7 Å². The summed E-state index contributed by atoms with van der Waals surface area (Å²) in [4.78, 5) is 0. The van der Waals surface area contributed by atoms with Gasteiger partial charge in [-0.2, -0.15) is 5.48 Å². The fourth-order valence-corrected chi connectivity index (χ4v) is 6.10. The van der Waals surface area contributed by atoms with Crippen LogP contribution in [0.4, 0.5) is 0 Å². The lowest BCUT2D eigenvalue weighted by atomic mass is 9.84. The second-order valence-electron chi connectivity index (χ2n) is 7.15. The van der Waals surface area contributed by atoms with Crippen LogP contribution in [-0.4, -0.2) is 57.2 Å². The minimum Gasteiger partial charge on any atom is -0.393 e. The molecule has 0 heterocycles. The fourth-order valence-electron chi connectivity index (χ4n) is 3.29. The molecule has 0 amide bonds. The Morgan fingerprint density at radius 2 is 1.85 bits per heavy atom. The van der Waals surface area contributed by atoms with E-state index in [9.17, 15) is 25.0 Å². The number of aliphatic hydroxyl groups is 4. The first-order valence-corrected chi connectivity index (χ1v) is 11.5. The Labute approximate surface area is 168 Å². The topological polar surface area (TPSA) is 119 Å². The zero-order valence-corrected chi connectivity index (χ0v) is 17.4. The zero-order chi connectivity index (χ0) is 20.2. The standard InChI is InChI=1S/C17H26Cl2NO6P/c1-10(21)8-27(25,9-12-5-15(22)17(24)16(23)6-12)26-20-7-11-2-3-13(18)14(19)4-11/h2-4,10,12,15-17,20-24H,5-9H2,1H3. The quantitative estimate of drug-likeness (QED) is 0.309. The molecule has 10 heteroatoms. The van der Waals surface area contributed by atoms with Gasteiger partial charge in [-0.1, -0.05) is 29.3 Å². The van der Waals surface area contributed by atoms with Crippen molar-refractivity contribution in [3.05, 3.63) is 33.8 Å². The highest BCUT2D eigenvalue weighted by atomic mass is 35.5. The van der Waals surface area contributed by atoms with Gasteiger partial charge < -0.3 is 20.4 Å². The number of aliphatic hydroxyl groups excluding tert-OH is 4. The summed E-state index contributed by atoms with van der Waals surface area (Å²) in [6, 6.07) is 5.06. The van der Waals surface area contributed by atoms with Crippen LogP contribution in [0, 0.1) is 5.92 Å². The van der Waals surface area contributed by atoms with E-state index in [0.717, 1.165) is 5.56 Å². The Morgan fingerprint density at radius 1 is 1.22 bits per heavy atom. The van der Waals surface area contributed by atoms with Crippen molar-refractivity contribution in [2.24, 2.45) is 5.92 Å². The van der Waals surface area contributed by atoms with E-state index in [1.54, 1.807) is 18.2 Å². The predicted molar refractivity (Wildman–Crippen MR) is 104 cm³/mol. The third-order valence-electron chi connectivity index (χ3n) is 4.51. The van der Waals surface area contributed by atoms with Crippen molar-refractivity contribution < 1.29 is 29.6 Å². The number of halogens is 2. The highest BCUT2D eigenvalue weighted by molar-refractivity contribution is 7.59. The molecule has 1 saturated carbocycles. The molecule has 0 aliphatic heterocycles. The molecule has 5 N–H and O–H groups in total. The first kappa shape index (κ1) is 23.1. The van der Waals surface area contributed by atoms with Gasteiger partial charge in [0.25, 0.3) is 0 Å². The molecule has 4 atom stereocenters. The second-order valence-corrected chi connectivity index (χ2v) is 10.5. The number of rotatable bonds is 8. The number of hydrogen-bond donors (Lipinski definition) is 5. The summed E-state index contributed by atoms with van der Waals surface area (Å²) in [7, 11) is -3.30. The molecule has 154 valence electrons. The molecule has 0 spiro atoms. The van der Waals surface area contributed by atoms with E-state index in [1.807, 2.05) is 0 Å². The summed E-state index contributed by atoms with van der Waals surface area (Å²) in [6.45, 7) is 1.75. The molecule has 1 aromatic rings. The van der Waals surface area contributed by atoms with Crippen molar-refractivity contribution in [3.8, 4) is 0 Å². The fraction of sp³-hybridized carbons (Fsp3) is 0.647. The van der Waals surface area contributed by atoms with Gasteiger partial charge in [-0.15, -0.1) is 0 Å². The van der Waals surface area contributed by atoms with Crippen LogP contribution in [0.25, 0.3) is 0 Å². The molecular weight excluding hydrogens is 416 g/mol. The van der Waals surface area contributed by atoms with E-state index >= 15 is 0 Å². The molecule has 2 rings (SSSR count).